The van der Waals surface area contributed by atoms with Gasteiger partial charge in [-0.05, 0) is 33.3 Å². The monoisotopic (exact) mass is 274 g/mol. The highest BCUT2D eigenvalue weighted by molar-refractivity contribution is 7.54. The van der Waals surface area contributed by atoms with Gasteiger partial charge in [-0.1, -0.05) is 30.3 Å². The highest BCUT2D eigenvalue weighted by Crippen LogP contribution is 2.63. The topological polar surface area (TPSA) is 35.5 Å². The number of benzene rings is 1. The zero-order chi connectivity index (χ0) is 13.8. The first-order valence-corrected chi connectivity index (χ1v) is 7.62. The van der Waals surface area contributed by atoms with Gasteiger partial charge in [-0.25, -0.2) is 4.39 Å². The van der Waals surface area contributed by atoms with Crippen LogP contribution < -0.4 is 0 Å². The van der Waals surface area contributed by atoms with E-state index in [1.165, 1.54) is 0 Å². The molecule has 0 bridgehead atoms. The second-order valence-corrected chi connectivity index (χ2v) is 6.55. The number of hydrogen-bond acceptors (Lipinski definition) is 3. The van der Waals surface area contributed by atoms with Crippen molar-refractivity contribution < 1.29 is 18.0 Å². The molecule has 1 aromatic carbocycles. The van der Waals surface area contributed by atoms with Crippen LogP contribution in [0.2, 0.25) is 0 Å². The summed E-state index contributed by atoms with van der Waals surface area (Å²) in [5, 5.41) is 0. The van der Waals surface area contributed by atoms with Crippen molar-refractivity contribution in [3.63, 3.8) is 0 Å². The molecule has 1 rings (SSSR count). The first-order valence-electron chi connectivity index (χ1n) is 6.00. The van der Waals surface area contributed by atoms with E-state index in [1.54, 1.807) is 58.0 Å². The van der Waals surface area contributed by atoms with Gasteiger partial charge in [0.25, 0.3) is 0 Å². The maximum Gasteiger partial charge on any atom is 0.369 e. The zero-order valence-electron chi connectivity index (χ0n) is 11.2. The standard InChI is InChI=1S/C13H20FO3P/c1-10(2)16-18(15,17-11(3)4)13(14)12-8-6-5-7-9-12/h5-11,13H,1-4H3. The molecule has 0 N–H and O–H groups in total. The van der Waals surface area contributed by atoms with E-state index in [2.05, 4.69) is 0 Å². The fourth-order valence-electron chi connectivity index (χ4n) is 1.51. The predicted molar refractivity (Wildman–Crippen MR) is 70.3 cm³/mol. The van der Waals surface area contributed by atoms with Crippen molar-refractivity contribution in [1.29, 1.82) is 0 Å². The zero-order valence-corrected chi connectivity index (χ0v) is 12.1. The quantitative estimate of drug-likeness (QED) is 0.705. The van der Waals surface area contributed by atoms with Gasteiger partial charge in [0.05, 0.1) is 12.2 Å². The van der Waals surface area contributed by atoms with Crippen LogP contribution in [0.1, 0.15) is 39.2 Å². The smallest absolute Gasteiger partial charge is 0.304 e. The summed E-state index contributed by atoms with van der Waals surface area (Å²) in [6.45, 7) is 6.81. The first-order chi connectivity index (χ1) is 8.35. The maximum absolute atomic E-state index is 14.4. The predicted octanol–water partition coefficient (Wildman–Crippen LogP) is 4.70. The van der Waals surface area contributed by atoms with Gasteiger partial charge in [0.1, 0.15) is 0 Å². The van der Waals surface area contributed by atoms with Crippen LogP contribution in [-0.2, 0) is 13.6 Å². The molecule has 3 nitrogen and oxygen atoms in total. The minimum absolute atomic E-state index is 0.308. The largest absolute Gasteiger partial charge is 0.369 e. The molecule has 0 aliphatic heterocycles. The molecule has 0 aliphatic rings. The molecule has 102 valence electrons. The van der Waals surface area contributed by atoms with Crippen LogP contribution in [0, 0.1) is 0 Å². The Morgan fingerprint density at radius 1 is 1.00 bits per heavy atom. The van der Waals surface area contributed by atoms with Gasteiger partial charge in [-0.15, -0.1) is 0 Å². The molecular formula is C13H20FO3P. The number of alkyl halides is 1. The van der Waals surface area contributed by atoms with Crippen molar-refractivity contribution in [2.24, 2.45) is 0 Å². The molecule has 0 aliphatic carbocycles. The Hall–Kier alpha value is -0.700. The van der Waals surface area contributed by atoms with E-state index in [-0.39, 0.29) is 12.2 Å². The molecule has 0 saturated carbocycles. The molecule has 0 radical (unpaired) electrons. The van der Waals surface area contributed by atoms with Crippen molar-refractivity contribution >= 4 is 7.60 Å². The van der Waals surface area contributed by atoms with Crippen molar-refractivity contribution in [2.45, 2.75) is 45.8 Å². The average Bonchev–Trinajstić information content (AvgIpc) is 2.27. The highest BCUT2D eigenvalue weighted by atomic mass is 31.2. The van der Waals surface area contributed by atoms with E-state index in [9.17, 15) is 8.96 Å². The van der Waals surface area contributed by atoms with Crippen molar-refractivity contribution in [2.75, 3.05) is 0 Å². The van der Waals surface area contributed by atoms with Crippen LogP contribution in [-0.4, -0.2) is 12.2 Å². The van der Waals surface area contributed by atoms with Crippen LogP contribution in [0.5, 0.6) is 0 Å². The van der Waals surface area contributed by atoms with E-state index < -0.39 is 13.5 Å². The number of rotatable bonds is 6. The Morgan fingerprint density at radius 3 is 1.83 bits per heavy atom. The lowest BCUT2D eigenvalue weighted by molar-refractivity contribution is 0.123. The molecule has 0 heterocycles. The van der Waals surface area contributed by atoms with E-state index in [0.717, 1.165) is 0 Å². The van der Waals surface area contributed by atoms with E-state index in [0.29, 0.717) is 5.56 Å². The Bertz CT molecular complexity index is 392. The second-order valence-electron chi connectivity index (χ2n) is 4.59. The van der Waals surface area contributed by atoms with Crippen LogP contribution in [0.3, 0.4) is 0 Å². The summed E-state index contributed by atoms with van der Waals surface area (Å²) in [6.07, 6.45) is -0.729. The molecule has 0 amide bonds. The lowest BCUT2D eigenvalue weighted by Gasteiger charge is -2.25. The second kappa shape index (κ2) is 6.46. The minimum atomic E-state index is -3.81. The molecule has 0 saturated heterocycles. The fraction of sp³-hybridized carbons (Fsp3) is 0.538. The lowest BCUT2D eigenvalue weighted by Crippen LogP contribution is -2.11. The average molecular weight is 274 g/mol. The molecule has 1 atom stereocenters. The van der Waals surface area contributed by atoms with Gasteiger partial charge >= 0.3 is 7.60 Å². The summed E-state index contributed by atoms with van der Waals surface area (Å²) in [6, 6.07) is 8.30. The normalized spacial score (nSPS) is 14.2. The molecule has 0 spiro atoms. The Kier molecular flexibility index (Phi) is 5.51. The van der Waals surface area contributed by atoms with E-state index in [4.69, 9.17) is 9.05 Å². The summed E-state index contributed by atoms with van der Waals surface area (Å²) >= 11 is 0. The molecule has 5 heteroatoms. The van der Waals surface area contributed by atoms with E-state index in [1.807, 2.05) is 0 Å². The van der Waals surface area contributed by atoms with Gasteiger partial charge in [0.2, 0.25) is 5.91 Å². The molecule has 1 unspecified atom stereocenters. The fourth-order valence-corrected chi connectivity index (χ4v) is 3.49. The van der Waals surface area contributed by atoms with Crippen molar-refractivity contribution in [1.82, 2.24) is 0 Å². The van der Waals surface area contributed by atoms with Crippen LogP contribution in [0.4, 0.5) is 4.39 Å². The summed E-state index contributed by atoms with van der Waals surface area (Å²) in [7, 11) is -3.81. The molecule has 1 aromatic rings. The third kappa shape index (κ3) is 4.20. The SMILES string of the molecule is CC(C)OP(=O)(OC(C)C)C(F)c1ccccc1. The van der Waals surface area contributed by atoms with Crippen molar-refractivity contribution in [3.05, 3.63) is 35.9 Å². The first kappa shape index (κ1) is 15.4. The van der Waals surface area contributed by atoms with Crippen LogP contribution in [0.15, 0.2) is 30.3 Å². The van der Waals surface area contributed by atoms with E-state index >= 15 is 0 Å². The van der Waals surface area contributed by atoms with Crippen molar-refractivity contribution in [3.8, 4) is 0 Å². The van der Waals surface area contributed by atoms with Gasteiger partial charge in [-0.3, -0.25) is 4.57 Å². The van der Waals surface area contributed by atoms with Crippen LogP contribution in [0.25, 0.3) is 0 Å². The minimum Gasteiger partial charge on any atom is -0.304 e. The molecule has 0 fully saturated rings. The van der Waals surface area contributed by atoms with Gasteiger partial charge in [0, 0.05) is 0 Å². The highest BCUT2D eigenvalue weighted by Gasteiger charge is 2.39. The third-order valence-electron chi connectivity index (χ3n) is 2.07. The Morgan fingerprint density at radius 2 is 1.44 bits per heavy atom. The Labute approximate surface area is 108 Å². The molecule has 0 aromatic heterocycles. The maximum atomic E-state index is 14.4. The van der Waals surface area contributed by atoms with Gasteiger partial charge in [0.15, 0.2) is 0 Å². The Balaban J connectivity index is 2.99. The number of halogens is 1. The molecular weight excluding hydrogens is 254 g/mol. The summed E-state index contributed by atoms with van der Waals surface area (Å²) in [5.74, 6) is -1.76. The van der Waals surface area contributed by atoms with Crippen LogP contribution >= 0.6 is 7.60 Å². The number of hydrogen-bond donors (Lipinski definition) is 0. The lowest BCUT2D eigenvalue weighted by atomic mass is 10.2. The summed E-state index contributed by atoms with van der Waals surface area (Å²) < 4.78 is 37.4. The van der Waals surface area contributed by atoms with Gasteiger partial charge < -0.3 is 9.05 Å². The summed E-state index contributed by atoms with van der Waals surface area (Å²) in [5.41, 5.74) is 0.308. The molecule has 18 heavy (non-hydrogen) atoms. The third-order valence-corrected chi connectivity index (χ3v) is 4.35. The summed E-state index contributed by atoms with van der Waals surface area (Å²) in [4.78, 5) is 0. The van der Waals surface area contributed by atoms with Gasteiger partial charge in [-0.2, -0.15) is 0 Å².